The first-order valence-corrected chi connectivity index (χ1v) is 4.92. The summed E-state index contributed by atoms with van der Waals surface area (Å²) in [5.41, 5.74) is 2.41. The van der Waals surface area contributed by atoms with Gasteiger partial charge in [0.2, 0.25) is 0 Å². The van der Waals surface area contributed by atoms with Gasteiger partial charge in [-0.3, -0.25) is 4.98 Å². The smallest absolute Gasteiger partial charge is 0.0662 e. The summed E-state index contributed by atoms with van der Waals surface area (Å²) >= 11 is 0. The maximum atomic E-state index is 9.29. The summed E-state index contributed by atoms with van der Waals surface area (Å²) in [4.78, 5) is 4.03. The summed E-state index contributed by atoms with van der Waals surface area (Å²) in [5, 5.41) is 12.6. The van der Waals surface area contributed by atoms with Crippen LogP contribution in [0.15, 0.2) is 18.5 Å². The monoisotopic (exact) mass is 194 g/mol. The molecule has 78 valence electrons. The van der Waals surface area contributed by atoms with Crippen molar-refractivity contribution in [2.24, 2.45) is 0 Å². The van der Waals surface area contributed by atoms with Crippen molar-refractivity contribution in [3.05, 3.63) is 29.6 Å². The zero-order valence-electron chi connectivity index (χ0n) is 8.99. The van der Waals surface area contributed by atoms with Crippen molar-refractivity contribution in [3.8, 4) is 0 Å². The normalized spacial score (nSPS) is 15.1. The number of nitrogens with zero attached hydrogens (tertiary/aromatic N) is 1. The van der Waals surface area contributed by atoms with Gasteiger partial charge in [-0.1, -0.05) is 0 Å². The molecule has 0 saturated carbocycles. The van der Waals surface area contributed by atoms with Crippen molar-refractivity contribution in [2.75, 3.05) is 0 Å². The summed E-state index contributed by atoms with van der Waals surface area (Å²) in [6.07, 6.45) is 3.32. The van der Waals surface area contributed by atoms with Gasteiger partial charge in [-0.25, -0.2) is 0 Å². The molecular weight excluding hydrogens is 176 g/mol. The van der Waals surface area contributed by atoms with Crippen LogP contribution in [-0.2, 0) is 6.54 Å². The summed E-state index contributed by atoms with van der Waals surface area (Å²) < 4.78 is 0. The van der Waals surface area contributed by atoms with Gasteiger partial charge in [0, 0.05) is 25.0 Å². The van der Waals surface area contributed by atoms with Crippen molar-refractivity contribution >= 4 is 0 Å². The summed E-state index contributed by atoms with van der Waals surface area (Å²) in [7, 11) is 0. The Morgan fingerprint density at radius 1 is 1.50 bits per heavy atom. The fourth-order valence-corrected chi connectivity index (χ4v) is 1.14. The summed E-state index contributed by atoms with van der Waals surface area (Å²) in [5.74, 6) is 0. The number of aliphatic hydroxyl groups excluding tert-OH is 1. The Bertz CT molecular complexity index is 286. The van der Waals surface area contributed by atoms with Crippen molar-refractivity contribution in [2.45, 2.75) is 39.5 Å². The van der Waals surface area contributed by atoms with Gasteiger partial charge in [0.15, 0.2) is 0 Å². The van der Waals surface area contributed by atoms with Crippen LogP contribution >= 0.6 is 0 Å². The van der Waals surface area contributed by atoms with Crippen LogP contribution in [0.1, 0.15) is 25.0 Å². The average Bonchev–Trinajstić information content (AvgIpc) is 2.16. The van der Waals surface area contributed by atoms with Gasteiger partial charge in [-0.2, -0.15) is 0 Å². The van der Waals surface area contributed by atoms with E-state index in [-0.39, 0.29) is 12.1 Å². The number of pyridine rings is 1. The lowest BCUT2D eigenvalue weighted by Crippen LogP contribution is -2.35. The Hall–Kier alpha value is -0.930. The molecule has 3 heteroatoms. The standard InChI is InChI=1S/C11H18N2O/c1-8-6-12-5-4-11(8)7-13-9(2)10(3)14/h4-6,9-10,13-14H,7H2,1-3H3. The molecule has 1 aromatic heterocycles. The molecule has 1 rings (SSSR count). The lowest BCUT2D eigenvalue weighted by atomic mass is 10.1. The SMILES string of the molecule is Cc1cnccc1CNC(C)C(C)O. The molecule has 2 atom stereocenters. The highest BCUT2D eigenvalue weighted by atomic mass is 16.3. The van der Waals surface area contributed by atoms with Crippen LogP contribution in [0.5, 0.6) is 0 Å². The first kappa shape index (κ1) is 11.1. The van der Waals surface area contributed by atoms with E-state index in [2.05, 4.69) is 10.3 Å². The fourth-order valence-electron chi connectivity index (χ4n) is 1.14. The largest absolute Gasteiger partial charge is 0.392 e. The van der Waals surface area contributed by atoms with Gasteiger partial charge < -0.3 is 10.4 Å². The van der Waals surface area contributed by atoms with Gasteiger partial charge in [0.05, 0.1) is 6.10 Å². The second kappa shape index (κ2) is 5.08. The van der Waals surface area contributed by atoms with Gasteiger partial charge in [-0.15, -0.1) is 0 Å². The number of aliphatic hydroxyl groups is 1. The first-order valence-electron chi connectivity index (χ1n) is 4.92. The molecule has 1 aromatic rings. The van der Waals surface area contributed by atoms with E-state index in [1.54, 1.807) is 13.1 Å². The third-order valence-corrected chi connectivity index (χ3v) is 2.47. The zero-order chi connectivity index (χ0) is 10.6. The van der Waals surface area contributed by atoms with E-state index >= 15 is 0 Å². The Morgan fingerprint density at radius 2 is 2.21 bits per heavy atom. The number of aromatic nitrogens is 1. The Kier molecular flexibility index (Phi) is 4.04. The van der Waals surface area contributed by atoms with Crippen LogP contribution in [0.4, 0.5) is 0 Å². The quantitative estimate of drug-likeness (QED) is 0.758. The molecule has 0 aliphatic heterocycles. The number of hydrogen-bond acceptors (Lipinski definition) is 3. The molecule has 3 nitrogen and oxygen atoms in total. The van der Waals surface area contributed by atoms with E-state index in [0.29, 0.717) is 0 Å². The van der Waals surface area contributed by atoms with E-state index in [1.165, 1.54) is 11.1 Å². The van der Waals surface area contributed by atoms with E-state index in [4.69, 9.17) is 0 Å². The van der Waals surface area contributed by atoms with Crippen LogP contribution in [0, 0.1) is 6.92 Å². The Labute approximate surface area is 85.2 Å². The molecule has 0 aromatic carbocycles. The average molecular weight is 194 g/mol. The summed E-state index contributed by atoms with van der Waals surface area (Å²) in [6, 6.07) is 2.11. The molecule has 0 amide bonds. The fraction of sp³-hybridized carbons (Fsp3) is 0.545. The zero-order valence-corrected chi connectivity index (χ0v) is 8.99. The van der Waals surface area contributed by atoms with Gasteiger partial charge >= 0.3 is 0 Å². The highest BCUT2D eigenvalue weighted by Gasteiger charge is 2.07. The van der Waals surface area contributed by atoms with Crippen molar-refractivity contribution in [3.63, 3.8) is 0 Å². The molecule has 0 spiro atoms. The first-order chi connectivity index (χ1) is 6.61. The van der Waals surface area contributed by atoms with Gasteiger partial charge in [0.25, 0.3) is 0 Å². The lowest BCUT2D eigenvalue weighted by Gasteiger charge is -2.17. The van der Waals surface area contributed by atoms with Gasteiger partial charge in [0.1, 0.15) is 0 Å². The Morgan fingerprint density at radius 3 is 2.79 bits per heavy atom. The van der Waals surface area contributed by atoms with Crippen molar-refractivity contribution < 1.29 is 5.11 Å². The Balaban J connectivity index is 2.50. The van der Waals surface area contributed by atoms with Crippen LogP contribution in [0.3, 0.4) is 0 Å². The molecule has 1 heterocycles. The molecule has 0 aliphatic rings. The van der Waals surface area contributed by atoms with Crippen LogP contribution in [0.25, 0.3) is 0 Å². The minimum atomic E-state index is -0.322. The molecule has 0 saturated heterocycles. The predicted octanol–water partition coefficient (Wildman–Crippen LogP) is 1.25. The van der Waals surface area contributed by atoms with Crippen LogP contribution < -0.4 is 5.32 Å². The number of rotatable bonds is 4. The van der Waals surface area contributed by atoms with E-state index in [0.717, 1.165) is 6.54 Å². The number of aryl methyl sites for hydroxylation is 1. The highest BCUT2D eigenvalue weighted by Crippen LogP contribution is 2.05. The molecule has 14 heavy (non-hydrogen) atoms. The molecular formula is C11H18N2O. The van der Waals surface area contributed by atoms with Crippen LogP contribution in [0.2, 0.25) is 0 Å². The third kappa shape index (κ3) is 3.09. The van der Waals surface area contributed by atoms with Crippen LogP contribution in [-0.4, -0.2) is 22.2 Å². The topological polar surface area (TPSA) is 45.2 Å². The molecule has 0 radical (unpaired) electrons. The number of nitrogens with one attached hydrogen (secondary N) is 1. The molecule has 0 aliphatic carbocycles. The second-order valence-electron chi connectivity index (χ2n) is 3.71. The van der Waals surface area contributed by atoms with E-state index in [1.807, 2.05) is 26.1 Å². The highest BCUT2D eigenvalue weighted by molar-refractivity contribution is 5.21. The second-order valence-corrected chi connectivity index (χ2v) is 3.71. The minimum Gasteiger partial charge on any atom is -0.392 e. The minimum absolute atomic E-state index is 0.113. The van der Waals surface area contributed by atoms with E-state index in [9.17, 15) is 5.11 Å². The number of hydrogen-bond donors (Lipinski definition) is 2. The molecule has 2 unspecified atom stereocenters. The van der Waals surface area contributed by atoms with Crippen molar-refractivity contribution in [1.29, 1.82) is 0 Å². The molecule has 0 fully saturated rings. The maximum absolute atomic E-state index is 9.29. The lowest BCUT2D eigenvalue weighted by molar-refractivity contribution is 0.152. The van der Waals surface area contributed by atoms with E-state index < -0.39 is 0 Å². The summed E-state index contributed by atoms with van der Waals surface area (Å²) in [6.45, 7) is 6.58. The molecule has 0 bridgehead atoms. The van der Waals surface area contributed by atoms with Gasteiger partial charge in [-0.05, 0) is 38.0 Å². The van der Waals surface area contributed by atoms with Crippen molar-refractivity contribution in [1.82, 2.24) is 10.3 Å². The predicted molar refractivity (Wildman–Crippen MR) is 57.0 cm³/mol. The third-order valence-electron chi connectivity index (χ3n) is 2.47. The molecule has 2 N–H and O–H groups in total. The maximum Gasteiger partial charge on any atom is 0.0662 e.